The minimum absolute atomic E-state index is 0. The first-order valence-corrected chi connectivity index (χ1v) is 5.63. The van der Waals surface area contributed by atoms with E-state index in [4.69, 9.17) is 4.74 Å². The van der Waals surface area contributed by atoms with Crippen LogP contribution in [0.5, 0.6) is 0 Å². The monoisotopic (exact) mass is 242 g/mol. The number of aryl methyl sites for hydroxylation is 1. The molecule has 1 aliphatic heterocycles. The molecule has 1 N–H and O–H groups in total. The van der Waals surface area contributed by atoms with Crippen molar-refractivity contribution in [2.24, 2.45) is 0 Å². The van der Waals surface area contributed by atoms with E-state index < -0.39 is 0 Å². The van der Waals surface area contributed by atoms with Crippen LogP contribution in [0.3, 0.4) is 0 Å². The lowest BCUT2D eigenvalue weighted by molar-refractivity contribution is 0.109. The van der Waals surface area contributed by atoms with Crippen LogP contribution in [-0.2, 0) is 11.2 Å². The van der Waals surface area contributed by atoms with Gasteiger partial charge in [-0.1, -0.05) is 14.4 Å². The number of halogens is 1. The smallest absolute Gasteiger partial charge is 0.144 e. The Morgan fingerprint density at radius 1 is 1.35 bits per heavy atom. The summed E-state index contributed by atoms with van der Waals surface area (Å²) < 4.78 is 17.8. The molecule has 2 rings (SSSR count). The molecule has 2 heterocycles. The van der Waals surface area contributed by atoms with Crippen molar-refractivity contribution in [3.05, 3.63) is 29.3 Å². The molecule has 3 nitrogen and oxygen atoms in total. The first-order chi connectivity index (χ1) is 7.75. The predicted molar refractivity (Wildman–Crippen MR) is 68.7 cm³/mol. The van der Waals surface area contributed by atoms with E-state index in [1.807, 2.05) is 13.8 Å². The summed E-state index contributed by atoms with van der Waals surface area (Å²) in [6.07, 6.45) is 3.67. The van der Waals surface area contributed by atoms with E-state index in [2.05, 4.69) is 10.3 Å². The van der Waals surface area contributed by atoms with Gasteiger partial charge in [-0.05, 0) is 24.5 Å². The van der Waals surface area contributed by atoms with Crippen molar-refractivity contribution in [2.45, 2.75) is 27.7 Å². The molecule has 17 heavy (non-hydrogen) atoms. The normalized spacial score (nSPS) is 14.3. The third-order valence-corrected chi connectivity index (χ3v) is 2.42. The van der Waals surface area contributed by atoms with Gasteiger partial charge in [-0.3, -0.25) is 4.98 Å². The Labute approximate surface area is 103 Å². The summed E-state index contributed by atoms with van der Waals surface area (Å²) in [6.45, 7) is 7.64. The van der Waals surface area contributed by atoms with Crippen LogP contribution in [0.4, 0.5) is 4.39 Å². The summed E-state index contributed by atoms with van der Waals surface area (Å²) in [5.41, 5.74) is 1.71. The van der Waals surface area contributed by atoms with Gasteiger partial charge in [0.2, 0.25) is 0 Å². The number of nitrogens with zero attached hydrogens (tertiary/aromatic N) is 1. The van der Waals surface area contributed by atoms with E-state index in [1.165, 1.54) is 6.20 Å². The lowest BCUT2D eigenvalue weighted by Crippen LogP contribution is -2.30. The van der Waals surface area contributed by atoms with Crippen molar-refractivity contribution in [1.82, 2.24) is 10.3 Å². The molecule has 98 valence electrons. The van der Waals surface area contributed by atoms with Crippen LogP contribution in [0.2, 0.25) is 0 Å². The molecule has 0 amide bonds. The fourth-order valence-electron chi connectivity index (χ4n) is 1.52. The van der Waals surface area contributed by atoms with Gasteiger partial charge in [0, 0.05) is 19.3 Å². The van der Waals surface area contributed by atoms with Crippen molar-refractivity contribution in [3.63, 3.8) is 0 Å². The summed E-state index contributed by atoms with van der Waals surface area (Å²) in [5, 5.41) is 3.16. The summed E-state index contributed by atoms with van der Waals surface area (Å²) in [5.74, 6) is -0.192. The van der Waals surface area contributed by atoms with E-state index in [-0.39, 0.29) is 13.2 Å². The number of rotatable bonds is 1. The lowest BCUT2D eigenvalue weighted by atomic mass is 10.1. The van der Waals surface area contributed by atoms with Crippen LogP contribution in [0.25, 0.3) is 0 Å². The van der Waals surface area contributed by atoms with Gasteiger partial charge in [0.25, 0.3) is 0 Å². The highest BCUT2D eigenvalue weighted by Gasteiger charge is 2.01. The van der Waals surface area contributed by atoms with Gasteiger partial charge in [0.1, 0.15) is 5.82 Å². The Bertz CT molecular complexity index is 283. The Balaban J connectivity index is 0.000000316. The van der Waals surface area contributed by atoms with Crippen molar-refractivity contribution in [2.75, 3.05) is 26.3 Å². The van der Waals surface area contributed by atoms with Crippen LogP contribution in [0.1, 0.15) is 25.5 Å². The van der Waals surface area contributed by atoms with Crippen molar-refractivity contribution >= 4 is 0 Å². The molecule has 1 aliphatic rings. The molecule has 1 fully saturated rings. The average molecular weight is 242 g/mol. The van der Waals surface area contributed by atoms with Gasteiger partial charge in [-0.15, -0.1) is 0 Å². The SMILES string of the molecule is C.C1COCCN1.CCc1c(C)cncc1F. The highest BCUT2D eigenvalue weighted by Crippen LogP contribution is 2.10. The third-order valence-electron chi connectivity index (χ3n) is 2.42. The van der Waals surface area contributed by atoms with E-state index >= 15 is 0 Å². The summed E-state index contributed by atoms with van der Waals surface area (Å²) in [7, 11) is 0. The van der Waals surface area contributed by atoms with E-state index in [0.29, 0.717) is 0 Å². The number of pyridine rings is 1. The van der Waals surface area contributed by atoms with Crippen molar-refractivity contribution in [3.8, 4) is 0 Å². The molecular weight excluding hydrogens is 219 g/mol. The maximum atomic E-state index is 12.8. The molecule has 0 aromatic carbocycles. The fraction of sp³-hybridized carbons (Fsp3) is 0.615. The van der Waals surface area contributed by atoms with E-state index in [1.54, 1.807) is 6.20 Å². The molecule has 1 saturated heterocycles. The zero-order valence-corrected chi connectivity index (χ0v) is 9.92. The number of morpholine rings is 1. The molecule has 1 aromatic rings. The maximum absolute atomic E-state index is 12.8. The van der Waals surface area contributed by atoms with Gasteiger partial charge in [0.05, 0.1) is 19.4 Å². The number of ether oxygens (including phenoxy) is 1. The van der Waals surface area contributed by atoms with Gasteiger partial charge in [-0.2, -0.15) is 0 Å². The Morgan fingerprint density at radius 2 is 2.00 bits per heavy atom. The molecule has 0 bridgehead atoms. The molecule has 0 unspecified atom stereocenters. The molecule has 0 atom stereocenters. The number of nitrogens with one attached hydrogen (secondary N) is 1. The Hall–Kier alpha value is -1.00. The fourth-order valence-corrected chi connectivity index (χ4v) is 1.52. The quantitative estimate of drug-likeness (QED) is 0.820. The minimum Gasteiger partial charge on any atom is -0.379 e. The zero-order valence-electron chi connectivity index (χ0n) is 9.92. The second kappa shape index (κ2) is 9.07. The van der Waals surface area contributed by atoms with Gasteiger partial charge < -0.3 is 10.1 Å². The first kappa shape index (κ1) is 16.0. The summed E-state index contributed by atoms with van der Waals surface area (Å²) >= 11 is 0. The number of aromatic nitrogens is 1. The predicted octanol–water partition coefficient (Wildman–Crippen LogP) is 2.33. The molecule has 0 aliphatic carbocycles. The lowest BCUT2D eigenvalue weighted by Gasteiger charge is -2.10. The zero-order chi connectivity index (χ0) is 11.8. The minimum atomic E-state index is -0.192. The second-order valence-electron chi connectivity index (χ2n) is 3.63. The first-order valence-electron chi connectivity index (χ1n) is 5.63. The number of hydrogen-bond acceptors (Lipinski definition) is 3. The van der Waals surface area contributed by atoms with Crippen LogP contribution >= 0.6 is 0 Å². The van der Waals surface area contributed by atoms with Gasteiger partial charge >= 0.3 is 0 Å². The van der Waals surface area contributed by atoms with Crippen LogP contribution in [-0.4, -0.2) is 31.3 Å². The van der Waals surface area contributed by atoms with Gasteiger partial charge in [-0.25, -0.2) is 4.39 Å². The molecule has 0 radical (unpaired) electrons. The van der Waals surface area contributed by atoms with Crippen LogP contribution in [0, 0.1) is 12.7 Å². The molecular formula is C13H23FN2O. The molecule has 0 saturated carbocycles. The maximum Gasteiger partial charge on any atom is 0.144 e. The molecule has 1 aromatic heterocycles. The average Bonchev–Trinajstić information content (AvgIpc) is 2.32. The Morgan fingerprint density at radius 3 is 2.29 bits per heavy atom. The number of hydrogen-bond donors (Lipinski definition) is 1. The van der Waals surface area contributed by atoms with E-state index in [0.717, 1.165) is 43.9 Å². The van der Waals surface area contributed by atoms with Crippen LogP contribution in [0.15, 0.2) is 12.4 Å². The largest absolute Gasteiger partial charge is 0.379 e. The van der Waals surface area contributed by atoms with Gasteiger partial charge in [0.15, 0.2) is 0 Å². The third kappa shape index (κ3) is 5.75. The summed E-state index contributed by atoms with van der Waals surface area (Å²) in [6, 6.07) is 0. The summed E-state index contributed by atoms with van der Waals surface area (Å²) in [4.78, 5) is 3.72. The highest BCUT2D eigenvalue weighted by atomic mass is 19.1. The standard InChI is InChI=1S/C8H10FN.C4H9NO.CH4/c1-3-7-6(2)4-10-5-8(7)9;1-3-6-4-2-5-1;/h4-5H,3H2,1-2H3;5H,1-4H2;1H4. The molecule has 4 heteroatoms. The highest BCUT2D eigenvalue weighted by molar-refractivity contribution is 5.22. The van der Waals surface area contributed by atoms with Crippen LogP contribution < -0.4 is 5.32 Å². The van der Waals surface area contributed by atoms with Crippen molar-refractivity contribution < 1.29 is 9.13 Å². The van der Waals surface area contributed by atoms with Crippen molar-refractivity contribution in [1.29, 1.82) is 0 Å². The second-order valence-corrected chi connectivity index (χ2v) is 3.63. The topological polar surface area (TPSA) is 34.1 Å². The molecule has 0 spiro atoms. The Kier molecular flexibility index (Phi) is 8.54. The van der Waals surface area contributed by atoms with E-state index in [9.17, 15) is 4.39 Å².